The maximum absolute atomic E-state index is 12.7. The number of phenolic OH excluding ortho intramolecular Hbond substituents is 1. The number of aromatic hydroxyl groups is 1. The van der Waals surface area contributed by atoms with Crippen LogP contribution in [0.1, 0.15) is 5.56 Å². The molecule has 128 valence electrons. The van der Waals surface area contributed by atoms with Crippen LogP contribution in [-0.4, -0.2) is 41.3 Å². The minimum atomic E-state index is -0.139. The molecule has 0 radical (unpaired) electrons. The highest BCUT2D eigenvalue weighted by Gasteiger charge is 2.33. The lowest BCUT2D eigenvalue weighted by atomic mass is 10.2. The fourth-order valence-corrected chi connectivity index (χ4v) is 3.35. The van der Waals surface area contributed by atoms with Crippen LogP contribution in [0, 0.1) is 0 Å². The van der Waals surface area contributed by atoms with Crippen LogP contribution in [0.25, 0.3) is 6.08 Å². The summed E-state index contributed by atoms with van der Waals surface area (Å²) in [4.78, 5) is 19.5. The van der Waals surface area contributed by atoms with E-state index in [1.165, 1.54) is 11.8 Å². The summed E-state index contributed by atoms with van der Waals surface area (Å²) in [5, 5.41) is 10.5. The van der Waals surface area contributed by atoms with Gasteiger partial charge in [0, 0.05) is 12.7 Å². The number of hydrogen-bond donors (Lipinski definition) is 1. The molecular weight excluding hydrogens is 336 g/mol. The van der Waals surface area contributed by atoms with Gasteiger partial charge in [-0.05, 0) is 36.0 Å². The van der Waals surface area contributed by atoms with Gasteiger partial charge in [-0.15, -0.1) is 0 Å². The number of methoxy groups -OCH3 is 1. The molecule has 1 saturated heterocycles. The van der Waals surface area contributed by atoms with E-state index >= 15 is 0 Å². The predicted octanol–water partition coefficient (Wildman–Crippen LogP) is 3.64. The Morgan fingerprint density at radius 3 is 2.60 bits per heavy atom. The standard InChI is InChI=1S/C19H18N2O3S/c1-24-12-11-21-18(23)17(13-14-7-5-6-10-16(14)22)25-19(21)20-15-8-3-2-4-9-15/h2-10,13,22H,11-12H2,1H3/b17-13+,20-19?. The van der Waals surface area contributed by atoms with Gasteiger partial charge in [-0.25, -0.2) is 4.99 Å². The number of phenols is 1. The number of amidine groups is 1. The van der Waals surface area contributed by atoms with Crippen LogP contribution in [0.5, 0.6) is 5.75 Å². The second-order valence-electron chi connectivity index (χ2n) is 5.35. The Kier molecular flexibility index (Phi) is 5.53. The summed E-state index contributed by atoms with van der Waals surface area (Å²) in [5.74, 6) is 0.000254. The summed E-state index contributed by atoms with van der Waals surface area (Å²) in [7, 11) is 1.60. The van der Waals surface area contributed by atoms with Crippen molar-refractivity contribution < 1.29 is 14.6 Å². The zero-order chi connectivity index (χ0) is 17.6. The highest BCUT2D eigenvalue weighted by Crippen LogP contribution is 2.35. The normalized spacial score (nSPS) is 17.6. The molecular formula is C19H18N2O3S. The monoisotopic (exact) mass is 354 g/mol. The second-order valence-corrected chi connectivity index (χ2v) is 6.36. The maximum atomic E-state index is 12.7. The Morgan fingerprint density at radius 2 is 1.88 bits per heavy atom. The van der Waals surface area contributed by atoms with Crippen molar-refractivity contribution in [2.45, 2.75) is 0 Å². The van der Waals surface area contributed by atoms with Gasteiger partial charge in [0.15, 0.2) is 5.17 Å². The number of amides is 1. The molecule has 1 fully saturated rings. The summed E-state index contributed by atoms with van der Waals surface area (Å²) in [6.45, 7) is 0.843. The van der Waals surface area contributed by atoms with Gasteiger partial charge in [0.05, 0.1) is 23.7 Å². The molecule has 2 aromatic carbocycles. The summed E-state index contributed by atoms with van der Waals surface area (Å²) >= 11 is 1.30. The quantitative estimate of drug-likeness (QED) is 0.833. The lowest BCUT2D eigenvalue weighted by Gasteiger charge is -2.14. The third-order valence-electron chi connectivity index (χ3n) is 3.61. The van der Waals surface area contributed by atoms with Crippen molar-refractivity contribution in [3.63, 3.8) is 0 Å². The molecule has 1 amide bonds. The summed E-state index contributed by atoms with van der Waals surface area (Å²) in [6.07, 6.45) is 1.69. The van der Waals surface area contributed by atoms with Crippen molar-refractivity contribution in [1.82, 2.24) is 4.90 Å². The number of aliphatic imine (C=N–C) groups is 1. The van der Waals surface area contributed by atoms with Crippen molar-refractivity contribution in [3.05, 3.63) is 65.1 Å². The van der Waals surface area contributed by atoms with Crippen LogP contribution in [0.3, 0.4) is 0 Å². The summed E-state index contributed by atoms with van der Waals surface area (Å²) in [5.41, 5.74) is 1.38. The van der Waals surface area contributed by atoms with Crippen molar-refractivity contribution in [2.24, 2.45) is 4.99 Å². The zero-order valence-electron chi connectivity index (χ0n) is 13.8. The molecule has 6 heteroatoms. The minimum absolute atomic E-state index is 0.139. The molecule has 1 heterocycles. The van der Waals surface area contributed by atoms with Crippen LogP contribution in [-0.2, 0) is 9.53 Å². The highest BCUT2D eigenvalue weighted by molar-refractivity contribution is 8.18. The van der Waals surface area contributed by atoms with E-state index in [2.05, 4.69) is 4.99 Å². The molecule has 1 aliphatic heterocycles. The lowest BCUT2D eigenvalue weighted by molar-refractivity contribution is -0.122. The van der Waals surface area contributed by atoms with E-state index in [1.54, 1.807) is 36.3 Å². The van der Waals surface area contributed by atoms with E-state index in [1.807, 2.05) is 36.4 Å². The molecule has 0 bridgehead atoms. The van der Waals surface area contributed by atoms with Gasteiger partial charge >= 0.3 is 0 Å². The number of carbonyl (C=O) groups is 1. The van der Waals surface area contributed by atoms with Crippen molar-refractivity contribution in [1.29, 1.82) is 0 Å². The Morgan fingerprint density at radius 1 is 1.16 bits per heavy atom. The van der Waals surface area contributed by atoms with Gasteiger partial charge in [0.1, 0.15) is 5.75 Å². The van der Waals surface area contributed by atoms with Crippen molar-refractivity contribution in [3.8, 4) is 5.75 Å². The molecule has 0 spiro atoms. The number of nitrogens with zero attached hydrogens (tertiary/aromatic N) is 2. The SMILES string of the molecule is COCCN1C(=O)/C(=C\c2ccccc2O)SC1=Nc1ccccc1. The topological polar surface area (TPSA) is 62.1 Å². The predicted molar refractivity (Wildman–Crippen MR) is 101 cm³/mol. The lowest BCUT2D eigenvalue weighted by Crippen LogP contribution is -2.32. The molecule has 3 rings (SSSR count). The maximum Gasteiger partial charge on any atom is 0.266 e. The van der Waals surface area contributed by atoms with E-state index in [-0.39, 0.29) is 11.7 Å². The van der Waals surface area contributed by atoms with Gasteiger partial charge in [-0.3, -0.25) is 9.69 Å². The first-order chi connectivity index (χ1) is 12.2. The highest BCUT2D eigenvalue weighted by atomic mass is 32.2. The van der Waals surface area contributed by atoms with Gasteiger partial charge in [-0.2, -0.15) is 0 Å². The molecule has 0 atom stereocenters. The third kappa shape index (κ3) is 4.10. The van der Waals surface area contributed by atoms with Crippen LogP contribution >= 0.6 is 11.8 Å². The summed E-state index contributed by atoms with van der Waals surface area (Å²) < 4.78 is 5.11. The first-order valence-electron chi connectivity index (χ1n) is 7.81. The fourth-order valence-electron chi connectivity index (χ4n) is 2.33. The van der Waals surface area contributed by atoms with Gasteiger partial charge < -0.3 is 9.84 Å². The van der Waals surface area contributed by atoms with Gasteiger partial charge in [0.25, 0.3) is 5.91 Å². The largest absolute Gasteiger partial charge is 0.507 e. The molecule has 0 aromatic heterocycles. The molecule has 1 aliphatic rings. The van der Waals surface area contributed by atoms with Crippen LogP contribution < -0.4 is 0 Å². The smallest absolute Gasteiger partial charge is 0.266 e. The van der Waals surface area contributed by atoms with E-state index in [4.69, 9.17) is 4.74 Å². The second kappa shape index (κ2) is 8.00. The average molecular weight is 354 g/mol. The molecule has 2 aromatic rings. The van der Waals surface area contributed by atoms with Gasteiger partial charge in [0.2, 0.25) is 0 Å². The molecule has 5 nitrogen and oxygen atoms in total. The number of thioether (sulfide) groups is 1. The minimum Gasteiger partial charge on any atom is -0.507 e. The molecule has 1 N–H and O–H groups in total. The van der Waals surface area contributed by atoms with E-state index in [9.17, 15) is 9.90 Å². The molecule has 0 unspecified atom stereocenters. The van der Waals surface area contributed by atoms with E-state index in [0.717, 1.165) is 5.69 Å². The Labute approximate surface area is 150 Å². The number of hydrogen-bond acceptors (Lipinski definition) is 5. The van der Waals surface area contributed by atoms with Crippen LogP contribution in [0.4, 0.5) is 5.69 Å². The number of rotatable bonds is 5. The molecule has 25 heavy (non-hydrogen) atoms. The number of benzene rings is 2. The Hall–Kier alpha value is -2.57. The number of para-hydroxylation sites is 2. The van der Waals surface area contributed by atoms with Gasteiger partial charge in [-0.1, -0.05) is 36.4 Å². The first kappa shape index (κ1) is 17.3. The third-order valence-corrected chi connectivity index (χ3v) is 4.62. The van der Waals surface area contributed by atoms with Crippen molar-refractivity contribution in [2.75, 3.05) is 20.3 Å². The average Bonchev–Trinajstić information content (AvgIpc) is 2.91. The van der Waals surface area contributed by atoms with Crippen LogP contribution in [0.2, 0.25) is 0 Å². The zero-order valence-corrected chi connectivity index (χ0v) is 14.6. The van der Waals surface area contributed by atoms with E-state index < -0.39 is 0 Å². The first-order valence-corrected chi connectivity index (χ1v) is 8.63. The Bertz CT molecular complexity index is 818. The number of carbonyl (C=O) groups excluding carboxylic acids is 1. The van der Waals surface area contributed by atoms with Crippen LogP contribution in [0.15, 0.2) is 64.5 Å². The Balaban J connectivity index is 1.94. The molecule has 0 aliphatic carbocycles. The summed E-state index contributed by atoms with van der Waals surface area (Å²) in [6, 6.07) is 16.4. The number of ether oxygens (including phenoxy) is 1. The van der Waals surface area contributed by atoms with Crippen molar-refractivity contribution >= 4 is 34.6 Å². The molecule has 0 saturated carbocycles. The fraction of sp³-hybridized carbons (Fsp3) is 0.158. The van der Waals surface area contributed by atoms with E-state index in [0.29, 0.717) is 28.8 Å².